The van der Waals surface area contributed by atoms with Crippen molar-refractivity contribution in [2.45, 2.75) is 13.3 Å². The highest BCUT2D eigenvalue weighted by molar-refractivity contribution is 7.86. The fourth-order valence-electron chi connectivity index (χ4n) is 1.31. The van der Waals surface area contributed by atoms with Crippen LogP contribution in [0.2, 0.25) is 0 Å². The Morgan fingerprint density at radius 3 is 2.54 bits per heavy atom. The van der Waals surface area contributed by atoms with Gasteiger partial charge in [-0.25, -0.2) is 0 Å². The minimum Gasteiger partial charge on any atom is -0.299 e. The van der Waals surface area contributed by atoms with Crippen molar-refractivity contribution in [1.29, 1.82) is 0 Å². The lowest BCUT2D eigenvalue weighted by atomic mass is 10.4. The fourth-order valence-corrected chi connectivity index (χ4v) is 2.77. The number of ketones is 1. The summed E-state index contributed by atoms with van der Waals surface area (Å²) in [4.78, 5) is 10.8. The van der Waals surface area contributed by atoms with Gasteiger partial charge in [0.05, 0.1) is 6.54 Å². The van der Waals surface area contributed by atoms with Crippen LogP contribution in [0.1, 0.15) is 13.3 Å². The van der Waals surface area contributed by atoms with Crippen LogP contribution in [-0.2, 0) is 15.0 Å². The summed E-state index contributed by atoms with van der Waals surface area (Å²) >= 11 is 0. The summed E-state index contributed by atoms with van der Waals surface area (Å²) in [5.74, 6) is -0.126. The van der Waals surface area contributed by atoms with Crippen molar-refractivity contribution in [1.82, 2.24) is 8.61 Å². The standard InChI is InChI=1S/C7H14N2O3S/c1-7(10)6-9-5-3-4-8(2)13(9,11)12/h3-6H2,1-2H3. The van der Waals surface area contributed by atoms with Gasteiger partial charge in [0, 0.05) is 20.1 Å². The third-order valence-electron chi connectivity index (χ3n) is 2.00. The largest absolute Gasteiger partial charge is 0.299 e. The number of carbonyl (C=O) groups is 1. The first kappa shape index (κ1) is 10.6. The highest BCUT2D eigenvalue weighted by Crippen LogP contribution is 2.13. The second kappa shape index (κ2) is 3.73. The Hall–Kier alpha value is -0.460. The predicted octanol–water partition coefficient (Wildman–Crippen LogP) is -0.542. The van der Waals surface area contributed by atoms with Gasteiger partial charge in [0.1, 0.15) is 5.78 Å². The van der Waals surface area contributed by atoms with E-state index in [1.165, 1.54) is 22.6 Å². The molecule has 0 spiro atoms. The average Bonchev–Trinajstić information content (AvgIpc) is 1.99. The summed E-state index contributed by atoms with van der Waals surface area (Å²) in [5.41, 5.74) is 0. The van der Waals surface area contributed by atoms with Crippen molar-refractivity contribution in [2.24, 2.45) is 0 Å². The molecule has 1 rings (SSSR count). The van der Waals surface area contributed by atoms with E-state index < -0.39 is 10.2 Å². The van der Waals surface area contributed by atoms with Gasteiger partial charge in [-0.1, -0.05) is 0 Å². The van der Waals surface area contributed by atoms with Crippen molar-refractivity contribution in [3.63, 3.8) is 0 Å². The van der Waals surface area contributed by atoms with Crippen LogP contribution in [0, 0.1) is 0 Å². The average molecular weight is 206 g/mol. The zero-order valence-corrected chi connectivity index (χ0v) is 8.67. The van der Waals surface area contributed by atoms with Crippen LogP contribution in [0.3, 0.4) is 0 Å². The molecule has 0 saturated carbocycles. The summed E-state index contributed by atoms with van der Waals surface area (Å²) < 4.78 is 25.6. The molecule has 0 unspecified atom stereocenters. The van der Waals surface area contributed by atoms with Crippen LogP contribution in [-0.4, -0.2) is 49.5 Å². The third kappa shape index (κ3) is 2.26. The van der Waals surface area contributed by atoms with E-state index >= 15 is 0 Å². The van der Waals surface area contributed by atoms with Gasteiger partial charge in [0.25, 0.3) is 10.2 Å². The van der Waals surface area contributed by atoms with E-state index in [2.05, 4.69) is 0 Å². The molecule has 1 aliphatic rings. The highest BCUT2D eigenvalue weighted by Gasteiger charge is 2.31. The van der Waals surface area contributed by atoms with E-state index in [1.54, 1.807) is 0 Å². The molecule has 0 bridgehead atoms. The normalized spacial score (nSPS) is 24.5. The maximum absolute atomic E-state index is 11.5. The van der Waals surface area contributed by atoms with Crippen molar-refractivity contribution in [3.8, 4) is 0 Å². The zero-order valence-electron chi connectivity index (χ0n) is 7.86. The Kier molecular flexibility index (Phi) is 3.05. The molecule has 0 aliphatic carbocycles. The van der Waals surface area contributed by atoms with Crippen LogP contribution in [0.25, 0.3) is 0 Å². The Balaban J connectivity index is 2.79. The smallest absolute Gasteiger partial charge is 0.282 e. The van der Waals surface area contributed by atoms with Crippen LogP contribution >= 0.6 is 0 Å². The highest BCUT2D eigenvalue weighted by atomic mass is 32.2. The molecule has 0 amide bonds. The van der Waals surface area contributed by atoms with Gasteiger partial charge in [-0.2, -0.15) is 17.0 Å². The summed E-state index contributed by atoms with van der Waals surface area (Å²) in [7, 11) is -1.82. The molecule has 0 aromatic heterocycles. The Morgan fingerprint density at radius 1 is 1.38 bits per heavy atom. The maximum atomic E-state index is 11.5. The first-order chi connectivity index (χ1) is 5.94. The van der Waals surface area contributed by atoms with E-state index in [0.717, 1.165) is 6.42 Å². The molecule has 0 atom stereocenters. The maximum Gasteiger partial charge on any atom is 0.282 e. The molecule has 0 radical (unpaired) electrons. The number of Topliss-reactive ketones (excluding diaryl/α,β-unsaturated/α-hetero) is 1. The van der Waals surface area contributed by atoms with Gasteiger partial charge in [0.15, 0.2) is 0 Å². The van der Waals surface area contributed by atoms with Crippen LogP contribution in [0.15, 0.2) is 0 Å². The van der Waals surface area contributed by atoms with Gasteiger partial charge in [0.2, 0.25) is 0 Å². The van der Waals surface area contributed by atoms with Gasteiger partial charge in [-0.15, -0.1) is 0 Å². The second-order valence-electron chi connectivity index (χ2n) is 3.22. The van der Waals surface area contributed by atoms with Crippen molar-refractivity contribution in [2.75, 3.05) is 26.7 Å². The molecule has 1 aliphatic heterocycles. The number of carbonyl (C=O) groups excluding carboxylic acids is 1. The third-order valence-corrected chi connectivity index (χ3v) is 3.93. The monoisotopic (exact) mass is 206 g/mol. The number of nitrogens with zero attached hydrogens (tertiary/aromatic N) is 2. The first-order valence-electron chi connectivity index (χ1n) is 4.15. The molecule has 0 aromatic rings. The fraction of sp³-hybridized carbons (Fsp3) is 0.857. The van der Waals surface area contributed by atoms with Gasteiger partial charge >= 0.3 is 0 Å². The van der Waals surface area contributed by atoms with Crippen LogP contribution < -0.4 is 0 Å². The lowest BCUT2D eigenvalue weighted by Crippen LogP contribution is -2.49. The minimum absolute atomic E-state index is 0.00727. The van der Waals surface area contributed by atoms with Gasteiger partial charge < -0.3 is 0 Å². The Labute approximate surface area is 78.5 Å². The number of rotatable bonds is 2. The molecule has 1 saturated heterocycles. The number of hydrogen-bond acceptors (Lipinski definition) is 3. The summed E-state index contributed by atoms with van der Waals surface area (Å²) in [5, 5.41) is 0. The minimum atomic E-state index is -3.35. The van der Waals surface area contributed by atoms with Crippen LogP contribution in [0.5, 0.6) is 0 Å². The topological polar surface area (TPSA) is 57.7 Å². The molecule has 76 valence electrons. The van der Waals surface area contributed by atoms with Gasteiger partial charge in [-0.05, 0) is 13.3 Å². The molecule has 1 heterocycles. The molecule has 0 N–H and O–H groups in total. The predicted molar refractivity (Wildman–Crippen MR) is 48.4 cm³/mol. The SMILES string of the molecule is CC(=O)CN1CCCN(C)S1(=O)=O. The lowest BCUT2D eigenvalue weighted by Gasteiger charge is -2.31. The molecule has 13 heavy (non-hydrogen) atoms. The molecule has 0 aromatic carbocycles. The molecule has 6 heteroatoms. The van der Waals surface area contributed by atoms with Crippen LogP contribution in [0.4, 0.5) is 0 Å². The lowest BCUT2D eigenvalue weighted by molar-refractivity contribution is -0.117. The molecule has 1 fully saturated rings. The molecular formula is C7H14N2O3S. The molecule has 5 nitrogen and oxygen atoms in total. The molecular weight excluding hydrogens is 192 g/mol. The quantitative estimate of drug-likeness (QED) is 0.609. The Bertz CT molecular complexity index is 299. The Morgan fingerprint density at radius 2 is 2.00 bits per heavy atom. The van der Waals surface area contributed by atoms with Crippen molar-refractivity contribution >= 4 is 16.0 Å². The summed E-state index contributed by atoms with van der Waals surface area (Å²) in [6, 6.07) is 0. The second-order valence-corrected chi connectivity index (χ2v) is 5.25. The van der Waals surface area contributed by atoms with E-state index in [4.69, 9.17) is 0 Å². The van der Waals surface area contributed by atoms with Crippen molar-refractivity contribution < 1.29 is 13.2 Å². The summed E-state index contributed by atoms with van der Waals surface area (Å²) in [6.07, 6.45) is 0.781. The van der Waals surface area contributed by atoms with E-state index in [9.17, 15) is 13.2 Å². The first-order valence-corrected chi connectivity index (χ1v) is 5.55. The van der Waals surface area contributed by atoms with Gasteiger partial charge in [-0.3, -0.25) is 4.79 Å². The van der Waals surface area contributed by atoms with E-state index in [-0.39, 0.29) is 12.3 Å². The number of hydrogen-bond donors (Lipinski definition) is 0. The zero-order chi connectivity index (χ0) is 10.1. The van der Waals surface area contributed by atoms with E-state index in [0.29, 0.717) is 13.1 Å². The van der Waals surface area contributed by atoms with E-state index in [1.807, 2.05) is 0 Å². The summed E-state index contributed by atoms with van der Waals surface area (Å²) in [6.45, 7) is 2.37. The van der Waals surface area contributed by atoms with Crippen molar-refractivity contribution in [3.05, 3.63) is 0 Å².